The molecule has 0 amide bonds. The molecule has 1 aromatic rings. The number of hydrogen-bond acceptors (Lipinski definition) is 2. The van der Waals surface area contributed by atoms with Gasteiger partial charge >= 0.3 is 0 Å². The summed E-state index contributed by atoms with van der Waals surface area (Å²) in [6.07, 6.45) is 9.46. The highest BCUT2D eigenvalue weighted by Gasteiger charge is 2.37. The Labute approximate surface area is 94.4 Å². The van der Waals surface area contributed by atoms with E-state index in [-0.39, 0.29) is 0 Å². The molecular weight excluding hydrogens is 212 g/mol. The van der Waals surface area contributed by atoms with E-state index >= 15 is 0 Å². The van der Waals surface area contributed by atoms with Gasteiger partial charge in [0.1, 0.15) is 0 Å². The molecule has 2 aliphatic rings. The zero-order valence-electron chi connectivity index (χ0n) is 8.60. The predicted molar refractivity (Wildman–Crippen MR) is 58.0 cm³/mol. The van der Waals surface area contributed by atoms with Crippen LogP contribution in [-0.4, -0.2) is 21.8 Å². The van der Waals surface area contributed by atoms with E-state index < -0.39 is 0 Å². The molecule has 2 fully saturated rings. The summed E-state index contributed by atoms with van der Waals surface area (Å²) in [5.74, 6) is 0.534. The molecule has 2 aliphatic heterocycles. The van der Waals surface area contributed by atoms with Crippen LogP contribution in [0.25, 0.3) is 0 Å². The van der Waals surface area contributed by atoms with E-state index in [0.29, 0.717) is 24.1 Å². The first-order valence-electron chi connectivity index (χ1n) is 5.60. The molecule has 0 radical (unpaired) electrons. The summed E-state index contributed by atoms with van der Waals surface area (Å²) < 4.78 is 8.15. The van der Waals surface area contributed by atoms with Crippen molar-refractivity contribution in [3.8, 4) is 0 Å². The fraction of sp³-hybridized carbons (Fsp3) is 0.727. The Hall–Kier alpha value is -0.540. The van der Waals surface area contributed by atoms with Crippen molar-refractivity contribution in [1.29, 1.82) is 0 Å². The highest BCUT2D eigenvalue weighted by Crippen LogP contribution is 2.39. The standard InChI is InChI=1S/C11H15ClN2O/c12-5-8-6-13-7-14(8)10-3-1-9-2-4-11(10)15-9/h6-7,9-11H,1-5H2. The summed E-state index contributed by atoms with van der Waals surface area (Å²) in [4.78, 5) is 4.17. The molecule has 0 N–H and O–H groups in total. The third-order valence-electron chi connectivity index (χ3n) is 3.59. The highest BCUT2D eigenvalue weighted by molar-refractivity contribution is 6.16. The zero-order valence-corrected chi connectivity index (χ0v) is 9.36. The number of ether oxygens (including phenoxy) is 1. The Morgan fingerprint density at radius 1 is 1.40 bits per heavy atom. The Kier molecular flexibility index (Phi) is 2.45. The minimum atomic E-state index is 0.389. The van der Waals surface area contributed by atoms with E-state index in [1.54, 1.807) is 0 Å². The Morgan fingerprint density at radius 3 is 3.13 bits per heavy atom. The van der Waals surface area contributed by atoms with Crippen LogP contribution in [0.4, 0.5) is 0 Å². The van der Waals surface area contributed by atoms with Gasteiger partial charge in [-0.05, 0) is 25.7 Å². The molecule has 0 aromatic carbocycles. The fourth-order valence-electron chi connectivity index (χ4n) is 2.82. The van der Waals surface area contributed by atoms with Gasteiger partial charge in [-0.15, -0.1) is 11.6 Å². The van der Waals surface area contributed by atoms with Crippen LogP contribution in [0.5, 0.6) is 0 Å². The van der Waals surface area contributed by atoms with Gasteiger partial charge in [-0.2, -0.15) is 0 Å². The van der Waals surface area contributed by atoms with Crippen LogP contribution >= 0.6 is 11.6 Å². The number of aromatic nitrogens is 2. The van der Waals surface area contributed by atoms with Gasteiger partial charge in [-0.25, -0.2) is 4.98 Å². The van der Waals surface area contributed by atoms with Crippen LogP contribution in [0.3, 0.4) is 0 Å². The first kappa shape index (κ1) is 9.67. The summed E-state index contributed by atoms with van der Waals surface area (Å²) >= 11 is 5.89. The molecule has 15 heavy (non-hydrogen) atoms. The second kappa shape index (κ2) is 3.80. The molecule has 3 rings (SSSR count). The Balaban J connectivity index is 1.87. The van der Waals surface area contributed by atoms with E-state index in [9.17, 15) is 0 Å². The minimum absolute atomic E-state index is 0.389. The van der Waals surface area contributed by atoms with Crippen molar-refractivity contribution >= 4 is 11.6 Å². The zero-order chi connectivity index (χ0) is 10.3. The molecule has 0 aliphatic carbocycles. The third kappa shape index (κ3) is 1.58. The first-order chi connectivity index (χ1) is 7.38. The molecule has 2 saturated heterocycles. The number of hydrogen-bond donors (Lipinski definition) is 0. The molecule has 0 saturated carbocycles. The lowest BCUT2D eigenvalue weighted by Crippen LogP contribution is -2.30. The smallest absolute Gasteiger partial charge is 0.0952 e. The lowest BCUT2D eigenvalue weighted by atomic mass is 10.0. The molecule has 82 valence electrons. The molecular formula is C11H15ClN2O. The number of nitrogens with zero attached hydrogens (tertiary/aromatic N) is 2. The SMILES string of the molecule is ClCc1cncn1C1CCC2CCC1O2. The fourth-order valence-corrected chi connectivity index (χ4v) is 3.03. The Morgan fingerprint density at radius 2 is 2.27 bits per heavy atom. The van der Waals surface area contributed by atoms with Gasteiger partial charge in [0.15, 0.2) is 0 Å². The molecule has 2 bridgehead atoms. The highest BCUT2D eigenvalue weighted by atomic mass is 35.5. The summed E-state index contributed by atoms with van der Waals surface area (Å²) in [7, 11) is 0. The van der Waals surface area contributed by atoms with E-state index in [4.69, 9.17) is 16.3 Å². The summed E-state index contributed by atoms with van der Waals surface area (Å²) in [6.45, 7) is 0. The van der Waals surface area contributed by atoms with Crippen LogP contribution in [0.15, 0.2) is 12.5 Å². The van der Waals surface area contributed by atoms with Crippen molar-refractivity contribution in [2.24, 2.45) is 0 Å². The summed E-state index contributed by atoms with van der Waals surface area (Å²) in [6, 6.07) is 0.458. The van der Waals surface area contributed by atoms with E-state index in [1.165, 1.54) is 25.7 Å². The lowest BCUT2D eigenvalue weighted by molar-refractivity contribution is -0.0274. The maximum Gasteiger partial charge on any atom is 0.0952 e. The van der Waals surface area contributed by atoms with Crippen molar-refractivity contribution in [1.82, 2.24) is 9.55 Å². The van der Waals surface area contributed by atoms with Crippen molar-refractivity contribution in [2.45, 2.75) is 49.8 Å². The second-order valence-corrected chi connectivity index (χ2v) is 4.71. The van der Waals surface area contributed by atoms with E-state index in [2.05, 4.69) is 9.55 Å². The number of halogens is 1. The normalized spacial score (nSPS) is 34.6. The van der Waals surface area contributed by atoms with Crippen LogP contribution < -0.4 is 0 Å². The number of alkyl halides is 1. The largest absolute Gasteiger partial charge is 0.373 e. The molecule has 3 atom stereocenters. The van der Waals surface area contributed by atoms with Gasteiger partial charge < -0.3 is 9.30 Å². The predicted octanol–water partition coefficient (Wildman–Crippen LogP) is 2.50. The molecule has 4 heteroatoms. The van der Waals surface area contributed by atoms with Crippen LogP contribution in [0.1, 0.15) is 37.4 Å². The number of fused-ring (bicyclic) bond motifs is 2. The molecule has 0 spiro atoms. The minimum Gasteiger partial charge on any atom is -0.373 e. The van der Waals surface area contributed by atoms with Crippen molar-refractivity contribution in [3.63, 3.8) is 0 Å². The van der Waals surface area contributed by atoms with Crippen molar-refractivity contribution in [3.05, 3.63) is 18.2 Å². The molecule has 3 heterocycles. The van der Waals surface area contributed by atoms with Gasteiger partial charge in [-0.1, -0.05) is 0 Å². The number of rotatable bonds is 2. The molecule has 3 nitrogen and oxygen atoms in total. The quantitative estimate of drug-likeness (QED) is 0.725. The summed E-state index contributed by atoms with van der Waals surface area (Å²) in [5.41, 5.74) is 1.11. The van der Waals surface area contributed by atoms with E-state index in [1.807, 2.05) is 12.5 Å². The first-order valence-corrected chi connectivity index (χ1v) is 6.14. The third-order valence-corrected chi connectivity index (χ3v) is 3.87. The Bertz CT molecular complexity index is 352. The maximum absolute atomic E-state index is 5.94. The van der Waals surface area contributed by atoms with Crippen LogP contribution in [0.2, 0.25) is 0 Å². The monoisotopic (exact) mass is 226 g/mol. The van der Waals surface area contributed by atoms with Crippen LogP contribution in [0, 0.1) is 0 Å². The average molecular weight is 227 g/mol. The van der Waals surface area contributed by atoms with Gasteiger partial charge in [0.05, 0.1) is 36.2 Å². The topological polar surface area (TPSA) is 27.1 Å². The second-order valence-electron chi connectivity index (χ2n) is 4.44. The van der Waals surface area contributed by atoms with Crippen molar-refractivity contribution in [2.75, 3.05) is 0 Å². The van der Waals surface area contributed by atoms with Crippen LogP contribution in [-0.2, 0) is 10.6 Å². The average Bonchev–Trinajstić information content (AvgIpc) is 2.87. The van der Waals surface area contributed by atoms with Crippen molar-refractivity contribution < 1.29 is 4.74 Å². The maximum atomic E-state index is 5.94. The van der Waals surface area contributed by atoms with Gasteiger partial charge in [0.2, 0.25) is 0 Å². The van der Waals surface area contributed by atoms with Gasteiger partial charge in [0, 0.05) is 6.20 Å². The molecule has 3 unspecified atom stereocenters. The summed E-state index contributed by atoms with van der Waals surface area (Å²) in [5, 5.41) is 0. The molecule has 1 aromatic heterocycles. The van der Waals surface area contributed by atoms with Gasteiger partial charge in [-0.3, -0.25) is 0 Å². The number of imidazole rings is 1. The lowest BCUT2D eigenvalue weighted by Gasteiger charge is -2.31. The van der Waals surface area contributed by atoms with E-state index in [0.717, 1.165) is 5.69 Å². The van der Waals surface area contributed by atoms with Gasteiger partial charge in [0.25, 0.3) is 0 Å².